The van der Waals surface area contributed by atoms with Crippen LogP contribution in [0.2, 0.25) is 0 Å². The van der Waals surface area contributed by atoms with E-state index in [1.807, 2.05) is 72.9 Å². The van der Waals surface area contributed by atoms with Crippen LogP contribution < -0.4 is 11.1 Å². The number of rotatable bonds is 7. The van der Waals surface area contributed by atoms with Crippen LogP contribution in [0.25, 0.3) is 22.7 Å². The number of carbonyl (C=O) groups excluding carboxylic acids is 1. The van der Waals surface area contributed by atoms with E-state index in [9.17, 15) is 4.79 Å². The molecular weight excluding hydrogens is 360 g/mol. The summed E-state index contributed by atoms with van der Waals surface area (Å²) in [7, 11) is 0. The van der Waals surface area contributed by atoms with Gasteiger partial charge in [0, 0.05) is 35.8 Å². The molecule has 2 aromatic carbocycles. The molecule has 0 saturated heterocycles. The molecule has 2 heterocycles. The van der Waals surface area contributed by atoms with Crippen molar-refractivity contribution in [3.8, 4) is 0 Å². The fraction of sp³-hybridized carbons (Fsp3) is 0.0833. The van der Waals surface area contributed by atoms with Gasteiger partial charge in [0.15, 0.2) is 0 Å². The lowest BCUT2D eigenvalue weighted by Crippen LogP contribution is -2.13. The summed E-state index contributed by atoms with van der Waals surface area (Å²) >= 11 is 0. The molecule has 0 bridgehead atoms. The van der Waals surface area contributed by atoms with Gasteiger partial charge in [-0.3, -0.25) is 4.79 Å². The molecule has 0 aliphatic heterocycles. The number of fused-ring (bicyclic) bond motifs is 1. The van der Waals surface area contributed by atoms with Crippen LogP contribution >= 0.6 is 0 Å². The molecule has 0 aliphatic rings. The van der Waals surface area contributed by atoms with Crippen LogP contribution in [0.5, 0.6) is 0 Å². The number of H-pyrrole nitrogens is 1. The number of aromatic nitrogens is 2. The molecule has 0 fully saturated rings. The van der Waals surface area contributed by atoms with Crippen LogP contribution in [0.1, 0.15) is 22.4 Å². The van der Waals surface area contributed by atoms with Gasteiger partial charge < -0.3 is 16.0 Å². The molecule has 144 valence electrons. The molecular formula is C24H22N4O. The standard InChI is InChI=1S/C24H22N4O/c25-23(29)22(18-9-5-2-6-10-18)13-19-15-27-24-21(19)12-11-20(28-24)16-26-14-17-7-3-1-4-8-17/h1-13,15,26H,14,16H2,(H2,25,29)(H,27,28). The molecule has 0 unspecified atom stereocenters. The Morgan fingerprint density at radius 3 is 2.41 bits per heavy atom. The lowest BCUT2D eigenvalue weighted by atomic mass is 10.0. The van der Waals surface area contributed by atoms with Crippen LogP contribution in [0.15, 0.2) is 79.0 Å². The first kappa shape index (κ1) is 18.7. The number of carbonyl (C=O) groups is 1. The third-order valence-electron chi connectivity index (χ3n) is 4.76. The number of hydrogen-bond acceptors (Lipinski definition) is 3. The Morgan fingerprint density at radius 1 is 0.966 bits per heavy atom. The van der Waals surface area contributed by atoms with Crippen LogP contribution in [-0.2, 0) is 17.9 Å². The predicted molar refractivity (Wildman–Crippen MR) is 117 cm³/mol. The van der Waals surface area contributed by atoms with Crippen molar-refractivity contribution in [3.05, 3.63) is 101 Å². The average molecular weight is 382 g/mol. The van der Waals surface area contributed by atoms with Gasteiger partial charge in [-0.05, 0) is 29.3 Å². The Kier molecular flexibility index (Phi) is 5.49. The molecule has 4 aromatic rings. The zero-order chi connectivity index (χ0) is 20.1. The lowest BCUT2D eigenvalue weighted by molar-refractivity contribution is -0.112. The van der Waals surface area contributed by atoms with Crippen molar-refractivity contribution in [3.63, 3.8) is 0 Å². The topological polar surface area (TPSA) is 83.8 Å². The number of primary amides is 1. The monoisotopic (exact) mass is 382 g/mol. The number of benzene rings is 2. The third-order valence-corrected chi connectivity index (χ3v) is 4.76. The highest BCUT2D eigenvalue weighted by atomic mass is 16.1. The highest BCUT2D eigenvalue weighted by Crippen LogP contribution is 2.23. The number of nitrogens with one attached hydrogen (secondary N) is 2. The van der Waals surface area contributed by atoms with Gasteiger partial charge in [0.05, 0.1) is 5.69 Å². The summed E-state index contributed by atoms with van der Waals surface area (Å²) in [5, 5.41) is 4.36. The molecule has 4 rings (SSSR count). The quantitative estimate of drug-likeness (QED) is 0.424. The first-order valence-corrected chi connectivity index (χ1v) is 9.49. The molecule has 0 saturated carbocycles. The summed E-state index contributed by atoms with van der Waals surface area (Å²) in [4.78, 5) is 19.9. The lowest BCUT2D eigenvalue weighted by Gasteiger charge is -2.05. The highest BCUT2D eigenvalue weighted by Gasteiger charge is 2.11. The maximum Gasteiger partial charge on any atom is 0.249 e. The SMILES string of the molecule is NC(=O)C(=Cc1c[nH]c2nc(CNCc3ccccc3)ccc12)c1ccccc1. The van der Waals surface area contributed by atoms with E-state index in [0.29, 0.717) is 12.1 Å². The van der Waals surface area contributed by atoms with Gasteiger partial charge in [0.1, 0.15) is 5.65 Å². The molecule has 5 nitrogen and oxygen atoms in total. The number of nitrogens with zero attached hydrogens (tertiary/aromatic N) is 1. The molecule has 0 radical (unpaired) electrons. The molecule has 2 aromatic heterocycles. The first-order valence-electron chi connectivity index (χ1n) is 9.49. The number of hydrogen-bond donors (Lipinski definition) is 3. The maximum atomic E-state index is 12.0. The summed E-state index contributed by atoms with van der Waals surface area (Å²) < 4.78 is 0. The zero-order valence-electron chi connectivity index (χ0n) is 15.9. The minimum Gasteiger partial charge on any atom is -0.366 e. The van der Waals surface area contributed by atoms with Crippen molar-refractivity contribution < 1.29 is 4.79 Å². The fourth-order valence-corrected chi connectivity index (χ4v) is 3.28. The van der Waals surface area contributed by atoms with E-state index in [2.05, 4.69) is 27.4 Å². The Morgan fingerprint density at radius 2 is 1.69 bits per heavy atom. The number of aromatic amines is 1. The Hall–Kier alpha value is -3.70. The van der Waals surface area contributed by atoms with E-state index in [1.165, 1.54) is 5.56 Å². The molecule has 0 aliphatic carbocycles. The van der Waals surface area contributed by atoms with Gasteiger partial charge in [0.2, 0.25) is 5.91 Å². The minimum absolute atomic E-state index is 0.458. The summed E-state index contributed by atoms with van der Waals surface area (Å²) in [6.45, 7) is 1.46. The van der Waals surface area contributed by atoms with Gasteiger partial charge in [-0.2, -0.15) is 0 Å². The normalized spacial score (nSPS) is 11.7. The first-order chi connectivity index (χ1) is 14.2. The Labute approximate surface area is 169 Å². The summed E-state index contributed by atoms with van der Waals surface area (Å²) in [5.74, 6) is -0.458. The second-order valence-electron chi connectivity index (χ2n) is 6.82. The highest BCUT2D eigenvalue weighted by molar-refractivity contribution is 6.24. The van der Waals surface area contributed by atoms with Crippen LogP contribution in [0.4, 0.5) is 0 Å². The van der Waals surface area contributed by atoms with Crippen molar-refractivity contribution in [2.24, 2.45) is 5.73 Å². The van der Waals surface area contributed by atoms with Gasteiger partial charge in [-0.1, -0.05) is 60.7 Å². The zero-order valence-corrected chi connectivity index (χ0v) is 15.9. The summed E-state index contributed by atoms with van der Waals surface area (Å²) in [6, 6.07) is 23.7. The number of pyridine rings is 1. The van der Waals surface area contributed by atoms with E-state index < -0.39 is 5.91 Å². The van der Waals surface area contributed by atoms with Crippen molar-refractivity contribution >= 4 is 28.6 Å². The van der Waals surface area contributed by atoms with Crippen molar-refractivity contribution in [1.82, 2.24) is 15.3 Å². The van der Waals surface area contributed by atoms with Gasteiger partial charge in [0.25, 0.3) is 0 Å². The maximum absolute atomic E-state index is 12.0. The van der Waals surface area contributed by atoms with E-state index >= 15 is 0 Å². The van der Waals surface area contributed by atoms with Crippen molar-refractivity contribution in [2.45, 2.75) is 13.1 Å². The Balaban J connectivity index is 1.54. The molecule has 0 atom stereocenters. The van der Waals surface area contributed by atoms with Crippen LogP contribution in [0, 0.1) is 0 Å². The molecule has 1 amide bonds. The molecule has 4 N–H and O–H groups in total. The van der Waals surface area contributed by atoms with E-state index in [-0.39, 0.29) is 0 Å². The molecule has 0 spiro atoms. The summed E-state index contributed by atoms with van der Waals surface area (Å²) in [5.41, 5.74) is 10.7. The predicted octanol–water partition coefficient (Wildman–Crippen LogP) is 3.88. The van der Waals surface area contributed by atoms with Crippen molar-refractivity contribution in [1.29, 1.82) is 0 Å². The fourth-order valence-electron chi connectivity index (χ4n) is 3.28. The van der Waals surface area contributed by atoms with Crippen molar-refractivity contribution in [2.75, 3.05) is 0 Å². The minimum atomic E-state index is -0.458. The third kappa shape index (κ3) is 4.42. The number of amides is 1. The van der Waals surface area contributed by atoms with E-state index in [1.54, 1.807) is 0 Å². The Bertz CT molecular complexity index is 1150. The van der Waals surface area contributed by atoms with Crippen LogP contribution in [0.3, 0.4) is 0 Å². The second-order valence-corrected chi connectivity index (χ2v) is 6.82. The van der Waals surface area contributed by atoms with Crippen LogP contribution in [-0.4, -0.2) is 15.9 Å². The molecule has 29 heavy (non-hydrogen) atoms. The second kappa shape index (κ2) is 8.54. The van der Waals surface area contributed by atoms with E-state index in [4.69, 9.17) is 5.73 Å². The molecule has 5 heteroatoms. The number of nitrogens with two attached hydrogens (primary N) is 1. The van der Waals surface area contributed by atoms with Gasteiger partial charge in [-0.25, -0.2) is 4.98 Å². The van der Waals surface area contributed by atoms with Gasteiger partial charge in [-0.15, -0.1) is 0 Å². The largest absolute Gasteiger partial charge is 0.366 e. The van der Waals surface area contributed by atoms with Gasteiger partial charge >= 0.3 is 0 Å². The smallest absolute Gasteiger partial charge is 0.249 e. The average Bonchev–Trinajstić information content (AvgIpc) is 3.15. The summed E-state index contributed by atoms with van der Waals surface area (Å²) in [6.07, 6.45) is 3.66. The van der Waals surface area contributed by atoms with E-state index in [0.717, 1.165) is 34.4 Å².